The van der Waals surface area contributed by atoms with Gasteiger partial charge in [-0.05, 0) is 54.0 Å². The number of alkyl carbamates (subject to hydrolysis) is 1. The van der Waals surface area contributed by atoms with Gasteiger partial charge in [-0.2, -0.15) is 0 Å². The van der Waals surface area contributed by atoms with E-state index in [1.807, 2.05) is 78.8 Å². The highest BCUT2D eigenvalue weighted by Crippen LogP contribution is 2.14. The number of hydrogen-bond acceptors (Lipinski definition) is 4. The summed E-state index contributed by atoms with van der Waals surface area (Å²) in [6.07, 6.45) is -0.496. The molecule has 0 heterocycles. The number of halogens is 1. The summed E-state index contributed by atoms with van der Waals surface area (Å²) in [4.78, 5) is 28.7. The minimum absolute atomic E-state index is 0. The number of rotatable bonds is 7. The largest absolute Gasteiger partial charge is 0.444 e. The van der Waals surface area contributed by atoms with Gasteiger partial charge in [0.15, 0.2) is 5.96 Å². The molecule has 4 N–H and O–H groups in total. The number of hydrogen-bond donors (Lipinski definition) is 4. The quantitative estimate of drug-likeness (QED) is 0.238. The minimum atomic E-state index is -0.588. The first-order valence-corrected chi connectivity index (χ1v) is 10.3. The average molecular weight is 547 g/mol. The van der Waals surface area contributed by atoms with Crippen molar-refractivity contribution in [3.05, 3.63) is 35.9 Å². The lowest BCUT2D eigenvalue weighted by molar-refractivity contribution is -0.121. The van der Waals surface area contributed by atoms with E-state index in [-0.39, 0.29) is 48.0 Å². The maximum atomic E-state index is 12.3. The lowest BCUT2D eigenvalue weighted by atomic mass is 10.1. The van der Waals surface area contributed by atoms with Gasteiger partial charge in [-0.1, -0.05) is 30.3 Å². The summed E-state index contributed by atoms with van der Waals surface area (Å²) in [6.45, 7) is 14.2. The van der Waals surface area contributed by atoms with Crippen LogP contribution in [0.2, 0.25) is 0 Å². The molecule has 1 atom stereocenters. The molecule has 0 saturated heterocycles. The third-order valence-electron chi connectivity index (χ3n) is 3.61. The Morgan fingerprint density at radius 3 is 2.16 bits per heavy atom. The Hall–Kier alpha value is -2.04. The molecule has 0 spiro atoms. The van der Waals surface area contributed by atoms with Crippen molar-refractivity contribution >= 4 is 41.9 Å². The Bertz CT molecular complexity index is 712. The molecule has 176 valence electrons. The van der Waals surface area contributed by atoms with E-state index in [2.05, 4.69) is 26.3 Å². The molecule has 1 unspecified atom stereocenters. The van der Waals surface area contributed by atoms with Gasteiger partial charge in [0.05, 0.1) is 6.04 Å². The molecule has 0 radical (unpaired) electrons. The Labute approximate surface area is 203 Å². The number of guanidine groups is 1. The maximum Gasteiger partial charge on any atom is 0.408 e. The van der Waals surface area contributed by atoms with Crippen LogP contribution in [0.5, 0.6) is 0 Å². The summed E-state index contributed by atoms with van der Waals surface area (Å²) in [7, 11) is 0. The van der Waals surface area contributed by atoms with E-state index in [4.69, 9.17) is 4.74 Å². The van der Waals surface area contributed by atoms with E-state index in [0.29, 0.717) is 19.0 Å². The molecule has 8 nitrogen and oxygen atoms in total. The van der Waals surface area contributed by atoms with Crippen molar-refractivity contribution in [3.8, 4) is 0 Å². The van der Waals surface area contributed by atoms with Crippen molar-refractivity contribution in [1.82, 2.24) is 21.3 Å². The van der Waals surface area contributed by atoms with Gasteiger partial charge in [-0.25, -0.2) is 9.79 Å². The fourth-order valence-corrected chi connectivity index (χ4v) is 2.54. The first-order valence-electron chi connectivity index (χ1n) is 10.3. The second-order valence-corrected chi connectivity index (χ2v) is 8.98. The Balaban J connectivity index is 0.00000900. The van der Waals surface area contributed by atoms with Crippen LogP contribution in [0.15, 0.2) is 35.3 Å². The highest BCUT2D eigenvalue weighted by molar-refractivity contribution is 14.0. The van der Waals surface area contributed by atoms with Gasteiger partial charge >= 0.3 is 6.09 Å². The molecule has 1 aromatic carbocycles. The molecule has 1 rings (SSSR count). The van der Waals surface area contributed by atoms with E-state index in [0.717, 1.165) is 5.56 Å². The molecule has 9 heteroatoms. The smallest absolute Gasteiger partial charge is 0.408 e. The normalized spacial score (nSPS) is 12.8. The number of nitrogens with one attached hydrogen (secondary N) is 4. The fourth-order valence-electron chi connectivity index (χ4n) is 2.54. The fraction of sp³-hybridized carbons (Fsp3) is 0.591. The average Bonchev–Trinajstić information content (AvgIpc) is 2.60. The monoisotopic (exact) mass is 547 g/mol. The summed E-state index contributed by atoms with van der Waals surface area (Å²) >= 11 is 0. The molecular formula is C22H38IN5O3. The zero-order chi connectivity index (χ0) is 22.8. The summed E-state index contributed by atoms with van der Waals surface area (Å²) in [5.41, 5.74) is 0.0288. The highest BCUT2D eigenvalue weighted by atomic mass is 127. The van der Waals surface area contributed by atoms with Crippen LogP contribution in [-0.2, 0) is 9.53 Å². The molecule has 0 fully saturated rings. The van der Waals surface area contributed by atoms with E-state index in [9.17, 15) is 9.59 Å². The van der Waals surface area contributed by atoms with Gasteiger partial charge in [0, 0.05) is 18.6 Å². The molecule has 2 amide bonds. The number of aliphatic imine (C=N–C) groups is 1. The molecule has 0 bridgehead atoms. The maximum absolute atomic E-state index is 12.3. The molecule has 0 aliphatic rings. The Morgan fingerprint density at radius 2 is 1.65 bits per heavy atom. The van der Waals surface area contributed by atoms with Crippen LogP contribution in [0.4, 0.5) is 4.79 Å². The third kappa shape index (κ3) is 13.8. The molecular weight excluding hydrogens is 509 g/mol. The summed E-state index contributed by atoms with van der Waals surface area (Å²) in [5, 5.41) is 12.1. The Morgan fingerprint density at radius 1 is 1.03 bits per heavy atom. The second kappa shape index (κ2) is 13.4. The standard InChI is InChI=1S/C22H37N5O3.HI/c1-8-23-19(25-15-18(28)27-21(2,3)4)24-14-17(16-12-10-9-11-13-16)26-20(29)30-22(5,6)7;/h9-13,17H,8,14-15H2,1-7H3,(H,26,29)(H,27,28)(H2,23,24,25);1H. The van der Waals surface area contributed by atoms with Gasteiger partial charge in [-0.15, -0.1) is 24.0 Å². The van der Waals surface area contributed by atoms with Crippen molar-refractivity contribution in [2.45, 2.75) is 65.6 Å². The van der Waals surface area contributed by atoms with Crippen LogP contribution >= 0.6 is 24.0 Å². The SMILES string of the molecule is CCNC(=NCC(=O)NC(C)(C)C)NCC(NC(=O)OC(C)(C)C)c1ccccc1.I. The molecule has 0 aromatic heterocycles. The van der Waals surface area contributed by atoms with Crippen molar-refractivity contribution in [3.63, 3.8) is 0 Å². The van der Waals surface area contributed by atoms with E-state index >= 15 is 0 Å². The molecule has 0 saturated carbocycles. The first kappa shape index (κ1) is 29.0. The number of carbonyl (C=O) groups excluding carboxylic acids is 2. The van der Waals surface area contributed by atoms with Crippen LogP contribution in [0, 0.1) is 0 Å². The van der Waals surface area contributed by atoms with Crippen LogP contribution in [-0.4, -0.2) is 48.7 Å². The van der Waals surface area contributed by atoms with Crippen molar-refractivity contribution in [2.24, 2.45) is 4.99 Å². The van der Waals surface area contributed by atoms with Crippen LogP contribution in [0.1, 0.15) is 60.1 Å². The van der Waals surface area contributed by atoms with Gasteiger partial charge in [0.2, 0.25) is 5.91 Å². The number of benzene rings is 1. The third-order valence-corrected chi connectivity index (χ3v) is 3.61. The van der Waals surface area contributed by atoms with Gasteiger partial charge < -0.3 is 26.0 Å². The summed E-state index contributed by atoms with van der Waals surface area (Å²) < 4.78 is 5.39. The van der Waals surface area contributed by atoms with Gasteiger partial charge in [0.25, 0.3) is 0 Å². The predicted octanol–water partition coefficient (Wildman–Crippen LogP) is 3.34. The molecule has 0 aliphatic carbocycles. The number of amides is 2. The number of carbonyl (C=O) groups is 2. The summed E-state index contributed by atoms with van der Waals surface area (Å²) in [5.74, 6) is 0.333. The van der Waals surface area contributed by atoms with Crippen molar-refractivity contribution in [2.75, 3.05) is 19.6 Å². The first-order chi connectivity index (χ1) is 13.9. The summed E-state index contributed by atoms with van der Waals surface area (Å²) in [6, 6.07) is 9.27. The van der Waals surface area contributed by atoms with Crippen LogP contribution in [0.25, 0.3) is 0 Å². The van der Waals surface area contributed by atoms with E-state index < -0.39 is 11.7 Å². The molecule has 31 heavy (non-hydrogen) atoms. The zero-order valence-corrected chi connectivity index (χ0v) is 22.0. The topological polar surface area (TPSA) is 104 Å². The second-order valence-electron chi connectivity index (χ2n) is 8.98. The number of ether oxygens (including phenoxy) is 1. The predicted molar refractivity (Wildman–Crippen MR) is 136 cm³/mol. The van der Waals surface area contributed by atoms with Crippen molar-refractivity contribution in [1.29, 1.82) is 0 Å². The lowest BCUT2D eigenvalue weighted by Gasteiger charge is -2.25. The molecule has 0 aliphatic heterocycles. The van der Waals surface area contributed by atoms with Gasteiger partial charge in [0.1, 0.15) is 12.1 Å². The molecule has 1 aromatic rings. The lowest BCUT2D eigenvalue weighted by Crippen LogP contribution is -2.45. The highest BCUT2D eigenvalue weighted by Gasteiger charge is 2.21. The van der Waals surface area contributed by atoms with E-state index in [1.54, 1.807) is 0 Å². The van der Waals surface area contributed by atoms with Crippen LogP contribution < -0.4 is 21.3 Å². The zero-order valence-electron chi connectivity index (χ0n) is 19.7. The van der Waals surface area contributed by atoms with Crippen molar-refractivity contribution < 1.29 is 14.3 Å². The Kier molecular flexibility index (Phi) is 12.5. The van der Waals surface area contributed by atoms with E-state index in [1.165, 1.54) is 0 Å². The van der Waals surface area contributed by atoms with Gasteiger partial charge in [-0.3, -0.25) is 4.79 Å². The minimum Gasteiger partial charge on any atom is -0.444 e. The number of nitrogens with zero attached hydrogens (tertiary/aromatic N) is 1. The van der Waals surface area contributed by atoms with Crippen LogP contribution in [0.3, 0.4) is 0 Å².